The highest BCUT2D eigenvalue weighted by Crippen LogP contribution is 2.48. The van der Waals surface area contributed by atoms with Crippen LogP contribution in [0, 0.1) is 0 Å². The van der Waals surface area contributed by atoms with Crippen LogP contribution in [0.15, 0.2) is 22.9 Å². The molecule has 274 valence electrons. The molecule has 2 nitrogen and oxygen atoms in total. The van der Waals surface area contributed by atoms with Crippen molar-refractivity contribution in [3.63, 3.8) is 0 Å². The molecule has 3 aromatic rings. The number of thiophene rings is 2. The molecule has 0 spiro atoms. The number of benzene rings is 1. The van der Waals surface area contributed by atoms with Crippen molar-refractivity contribution < 1.29 is 9.47 Å². The van der Waals surface area contributed by atoms with Gasteiger partial charge in [-0.2, -0.15) is 0 Å². The number of ether oxygens (including phenoxy) is 2. The van der Waals surface area contributed by atoms with Crippen LogP contribution >= 0.6 is 22.7 Å². The summed E-state index contributed by atoms with van der Waals surface area (Å²) in [6, 6.07) is 4.62. The van der Waals surface area contributed by atoms with Crippen molar-refractivity contribution in [2.24, 2.45) is 0 Å². The first-order chi connectivity index (χ1) is 23.7. The molecule has 3 rings (SSSR count). The summed E-state index contributed by atoms with van der Waals surface area (Å²) in [4.78, 5) is 0. The molecule has 0 fully saturated rings. The number of hydrogen-bond donors (Lipinski definition) is 0. The highest BCUT2D eigenvalue weighted by Gasteiger charge is 2.23. The van der Waals surface area contributed by atoms with E-state index in [1.165, 1.54) is 200 Å². The Kier molecular flexibility index (Phi) is 22.8. The standard InChI is InChI=1S/C44H74O2S2/c1-5-9-13-17-21-25-29-37(30-26-22-18-14-10-6-2)45-41-39-33-35-48-44(39)42(40-34-36-47-43(40)41)46-38(31-27-23-19-15-11-7-3)32-28-24-20-16-12-8-4/h33-38H,5-32H2,1-4H3. The van der Waals surface area contributed by atoms with Gasteiger partial charge >= 0.3 is 0 Å². The van der Waals surface area contributed by atoms with Gasteiger partial charge in [0.2, 0.25) is 0 Å². The van der Waals surface area contributed by atoms with E-state index in [9.17, 15) is 0 Å². The fraction of sp³-hybridized carbons (Fsp3) is 0.773. The van der Waals surface area contributed by atoms with E-state index in [1.54, 1.807) is 0 Å². The highest BCUT2D eigenvalue weighted by atomic mass is 32.1. The molecule has 4 heteroatoms. The van der Waals surface area contributed by atoms with E-state index in [0.717, 1.165) is 11.5 Å². The largest absolute Gasteiger partial charge is 0.488 e. The van der Waals surface area contributed by atoms with Crippen LogP contribution < -0.4 is 9.47 Å². The Balaban J connectivity index is 1.76. The molecule has 48 heavy (non-hydrogen) atoms. The lowest BCUT2D eigenvalue weighted by molar-refractivity contribution is 0.174. The Hall–Kier alpha value is -1.26. The first-order valence-corrected chi connectivity index (χ1v) is 22.7. The second kappa shape index (κ2) is 26.5. The third-order valence-corrected chi connectivity index (χ3v) is 12.1. The SMILES string of the molecule is CCCCCCCCC(CCCCCCCC)Oc1c2ccsc2c(OC(CCCCCCCC)CCCCCCCC)c2ccsc12. The van der Waals surface area contributed by atoms with Crippen molar-refractivity contribution in [3.8, 4) is 11.5 Å². The molecule has 2 heterocycles. The number of rotatable bonds is 32. The van der Waals surface area contributed by atoms with Crippen LogP contribution in [-0.4, -0.2) is 12.2 Å². The van der Waals surface area contributed by atoms with Crippen molar-refractivity contribution in [1.29, 1.82) is 0 Å². The van der Waals surface area contributed by atoms with Crippen molar-refractivity contribution in [1.82, 2.24) is 0 Å². The molecule has 0 N–H and O–H groups in total. The molecular formula is C44H74O2S2. The van der Waals surface area contributed by atoms with Gasteiger partial charge in [-0.15, -0.1) is 22.7 Å². The molecular weight excluding hydrogens is 625 g/mol. The zero-order valence-corrected chi connectivity index (χ0v) is 33.5. The minimum Gasteiger partial charge on any atom is -0.488 e. The summed E-state index contributed by atoms with van der Waals surface area (Å²) in [6.07, 6.45) is 37.5. The summed E-state index contributed by atoms with van der Waals surface area (Å²) in [5.74, 6) is 2.27. The Morgan fingerprint density at radius 1 is 0.396 bits per heavy atom. The van der Waals surface area contributed by atoms with E-state index in [0.29, 0.717) is 12.2 Å². The lowest BCUT2D eigenvalue weighted by atomic mass is 10.0. The molecule has 0 aliphatic rings. The van der Waals surface area contributed by atoms with Gasteiger partial charge in [-0.1, -0.05) is 156 Å². The van der Waals surface area contributed by atoms with Crippen LogP contribution in [0.4, 0.5) is 0 Å². The lowest BCUT2D eigenvalue weighted by Crippen LogP contribution is -2.18. The zero-order valence-electron chi connectivity index (χ0n) is 31.9. The molecule has 0 saturated heterocycles. The monoisotopic (exact) mass is 699 g/mol. The molecule has 0 atom stereocenters. The van der Waals surface area contributed by atoms with Gasteiger partial charge in [-0.05, 0) is 74.3 Å². The number of fused-ring (bicyclic) bond motifs is 2. The van der Waals surface area contributed by atoms with Crippen LogP contribution in [0.5, 0.6) is 11.5 Å². The first kappa shape index (κ1) is 41.2. The third-order valence-electron chi connectivity index (χ3n) is 10.3. The summed E-state index contributed by atoms with van der Waals surface area (Å²) >= 11 is 3.70. The minimum absolute atomic E-state index is 0.302. The summed E-state index contributed by atoms with van der Waals surface area (Å²) in [5.41, 5.74) is 0. The fourth-order valence-corrected chi connectivity index (χ4v) is 9.06. The van der Waals surface area contributed by atoms with Crippen molar-refractivity contribution in [2.45, 2.75) is 220 Å². The van der Waals surface area contributed by atoms with Gasteiger partial charge in [-0.3, -0.25) is 0 Å². The topological polar surface area (TPSA) is 18.5 Å². The van der Waals surface area contributed by atoms with E-state index in [-0.39, 0.29) is 0 Å². The van der Waals surface area contributed by atoms with Crippen LogP contribution in [0.25, 0.3) is 20.2 Å². The maximum Gasteiger partial charge on any atom is 0.146 e. The number of hydrogen-bond acceptors (Lipinski definition) is 4. The van der Waals surface area contributed by atoms with Crippen LogP contribution in [0.2, 0.25) is 0 Å². The van der Waals surface area contributed by atoms with Crippen LogP contribution in [0.1, 0.15) is 207 Å². The summed E-state index contributed by atoms with van der Waals surface area (Å²) < 4.78 is 16.9. The van der Waals surface area contributed by atoms with Gasteiger partial charge in [0.15, 0.2) is 0 Å². The van der Waals surface area contributed by atoms with Gasteiger partial charge in [0.25, 0.3) is 0 Å². The second-order valence-electron chi connectivity index (χ2n) is 14.7. The zero-order chi connectivity index (χ0) is 34.1. The van der Waals surface area contributed by atoms with Crippen LogP contribution in [0.3, 0.4) is 0 Å². The molecule has 0 amide bonds. The minimum atomic E-state index is 0.302. The Morgan fingerprint density at radius 2 is 0.667 bits per heavy atom. The van der Waals surface area contributed by atoms with Crippen molar-refractivity contribution in [3.05, 3.63) is 22.9 Å². The normalized spacial score (nSPS) is 12.0. The predicted molar refractivity (Wildman–Crippen MR) is 218 cm³/mol. The summed E-state index contributed by atoms with van der Waals surface area (Å²) in [5, 5.41) is 7.08. The van der Waals surface area contributed by atoms with Gasteiger partial charge in [0.1, 0.15) is 11.5 Å². The highest BCUT2D eigenvalue weighted by molar-refractivity contribution is 7.19. The van der Waals surface area contributed by atoms with E-state index in [2.05, 4.69) is 50.6 Å². The van der Waals surface area contributed by atoms with Gasteiger partial charge in [-0.25, -0.2) is 0 Å². The Labute approximate surface area is 305 Å². The van der Waals surface area contributed by atoms with E-state index in [4.69, 9.17) is 9.47 Å². The molecule has 0 bridgehead atoms. The molecule has 0 saturated carbocycles. The number of unbranched alkanes of at least 4 members (excludes halogenated alkanes) is 20. The Morgan fingerprint density at radius 3 is 0.958 bits per heavy atom. The van der Waals surface area contributed by atoms with Gasteiger partial charge in [0.05, 0.1) is 21.6 Å². The van der Waals surface area contributed by atoms with Crippen molar-refractivity contribution >= 4 is 42.8 Å². The molecule has 1 aromatic carbocycles. The second-order valence-corrected chi connectivity index (χ2v) is 16.5. The van der Waals surface area contributed by atoms with Gasteiger partial charge < -0.3 is 9.47 Å². The maximum atomic E-state index is 7.16. The quantitative estimate of drug-likeness (QED) is 0.0604. The van der Waals surface area contributed by atoms with Crippen LogP contribution in [-0.2, 0) is 0 Å². The molecule has 2 aromatic heterocycles. The molecule has 0 unspecified atom stereocenters. The molecule has 0 aliphatic heterocycles. The van der Waals surface area contributed by atoms with Gasteiger partial charge in [0, 0.05) is 10.8 Å². The Bertz CT molecular complexity index is 1010. The smallest absolute Gasteiger partial charge is 0.146 e. The van der Waals surface area contributed by atoms with E-state index >= 15 is 0 Å². The fourth-order valence-electron chi connectivity index (χ4n) is 7.27. The summed E-state index contributed by atoms with van der Waals surface area (Å²) in [7, 11) is 0. The first-order valence-electron chi connectivity index (χ1n) is 21.0. The van der Waals surface area contributed by atoms with E-state index in [1.807, 2.05) is 22.7 Å². The maximum absolute atomic E-state index is 7.16. The summed E-state index contributed by atoms with van der Waals surface area (Å²) in [6.45, 7) is 9.23. The van der Waals surface area contributed by atoms with Crippen molar-refractivity contribution in [2.75, 3.05) is 0 Å². The van der Waals surface area contributed by atoms with E-state index < -0.39 is 0 Å². The molecule has 0 radical (unpaired) electrons. The predicted octanol–water partition coefficient (Wildman–Crippen LogP) is 16.6. The third kappa shape index (κ3) is 15.3. The average Bonchev–Trinajstić information content (AvgIpc) is 3.79. The average molecular weight is 699 g/mol. The molecule has 0 aliphatic carbocycles. The lowest BCUT2D eigenvalue weighted by Gasteiger charge is -2.24.